The zero-order valence-corrected chi connectivity index (χ0v) is 20.8. The molecule has 10 heteroatoms. The Balaban J connectivity index is 1.19. The Morgan fingerprint density at radius 1 is 0.921 bits per heavy atom. The van der Waals surface area contributed by atoms with Gasteiger partial charge in [0.2, 0.25) is 5.95 Å². The molecule has 0 radical (unpaired) electrons. The fourth-order valence-electron chi connectivity index (χ4n) is 4.34. The molecule has 0 amide bonds. The van der Waals surface area contributed by atoms with Crippen molar-refractivity contribution >= 4 is 17.3 Å². The molecule has 0 unspecified atom stereocenters. The number of aryl methyl sites for hydroxylation is 1. The van der Waals surface area contributed by atoms with Crippen LogP contribution in [0.3, 0.4) is 0 Å². The first-order valence-electron chi connectivity index (χ1n) is 12.3. The van der Waals surface area contributed by atoms with E-state index < -0.39 is 0 Å². The Hall–Kier alpha value is -4.70. The van der Waals surface area contributed by atoms with E-state index in [9.17, 15) is 4.39 Å². The van der Waals surface area contributed by atoms with E-state index in [0.717, 1.165) is 41.3 Å². The fraction of sp³-hybridized carbons (Fsp3) is 0.179. The van der Waals surface area contributed by atoms with Crippen LogP contribution in [0.2, 0.25) is 0 Å². The maximum absolute atomic E-state index is 14.5. The summed E-state index contributed by atoms with van der Waals surface area (Å²) in [6.07, 6.45) is 6.86. The third-order valence-corrected chi connectivity index (χ3v) is 6.37. The second-order valence-electron chi connectivity index (χ2n) is 8.94. The molecule has 4 heterocycles. The smallest absolute Gasteiger partial charge is 0.227 e. The van der Waals surface area contributed by atoms with Gasteiger partial charge < -0.3 is 15.0 Å². The molecular formula is C28H25FN8O. The third-order valence-electron chi connectivity index (χ3n) is 6.37. The average Bonchev–Trinajstić information content (AvgIpc) is 3.44. The Labute approximate surface area is 219 Å². The van der Waals surface area contributed by atoms with E-state index in [0.29, 0.717) is 36.2 Å². The second-order valence-corrected chi connectivity index (χ2v) is 8.94. The molecule has 9 nitrogen and oxygen atoms in total. The monoisotopic (exact) mass is 508 g/mol. The first-order chi connectivity index (χ1) is 18.6. The molecule has 0 bridgehead atoms. The molecular weight excluding hydrogens is 483 g/mol. The number of nitrogens with zero attached hydrogens (tertiary/aromatic N) is 7. The first-order valence-corrected chi connectivity index (χ1v) is 12.3. The van der Waals surface area contributed by atoms with Crippen molar-refractivity contribution in [2.24, 2.45) is 0 Å². The van der Waals surface area contributed by atoms with E-state index in [-0.39, 0.29) is 5.82 Å². The van der Waals surface area contributed by atoms with Crippen LogP contribution in [-0.2, 0) is 4.74 Å². The quantitative estimate of drug-likeness (QED) is 0.349. The molecule has 1 aliphatic heterocycles. The Kier molecular flexibility index (Phi) is 6.45. The number of aromatic nitrogens is 6. The van der Waals surface area contributed by atoms with Gasteiger partial charge in [0.1, 0.15) is 12.1 Å². The van der Waals surface area contributed by atoms with Gasteiger partial charge in [0, 0.05) is 54.2 Å². The summed E-state index contributed by atoms with van der Waals surface area (Å²) in [6, 6.07) is 16.4. The summed E-state index contributed by atoms with van der Waals surface area (Å²) in [7, 11) is 0. The van der Waals surface area contributed by atoms with Gasteiger partial charge in [-0.05, 0) is 67.1 Å². The van der Waals surface area contributed by atoms with Crippen molar-refractivity contribution < 1.29 is 9.13 Å². The Morgan fingerprint density at radius 2 is 1.76 bits per heavy atom. The van der Waals surface area contributed by atoms with E-state index in [1.54, 1.807) is 41.7 Å². The SMILES string of the molecule is Cc1ccncc1-c1ncn(-c2ccc(Nc3nccc(-c4cc(F)cc(N5CCOCC5)c4)n3)cc2)n1. The van der Waals surface area contributed by atoms with Gasteiger partial charge in [0.05, 0.1) is 24.6 Å². The summed E-state index contributed by atoms with van der Waals surface area (Å²) in [5, 5.41) is 7.83. The van der Waals surface area contributed by atoms with Crippen LogP contribution >= 0.6 is 0 Å². The van der Waals surface area contributed by atoms with Crippen LogP contribution in [0.25, 0.3) is 28.3 Å². The number of benzene rings is 2. The van der Waals surface area contributed by atoms with Crippen molar-refractivity contribution in [2.45, 2.75) is 6.92 Å². The van der Waals surface area contributed by atoms with Crippen LogP contribution in [0.4, 0.5) is 21.7 Å². The zero-order valence-electron chi connectivity index (χ0n) is 20.8. The van der Waals surface area contributed by atoms with Crippen molar-refractivity contribution in [3.8, 4) is 28.3 Å². The van der Waals surface area contributed by atoms with Crippen LogP contribution in [0.1, 0.15) is 5.56 Å². The van der Waals surface area contributed by atoms with Crippen molar-refractivity contribution in [3.05, 3.63) is 90.9 Å². The van der Waals surface area contributed by atoms with Crippen LogP contribution in [0, 0.1) is 12.7 Å². The molecule has 3 aromatic heterocycles. The average molecular weight is 509 g/mol. The maximum atomic E-state index is 14.5. The highest BCUT2D eigenvalue weighted by Gasteiger charge is 2.14. The molecule has 1 fully saturated rings. The molecule has 0 aliphatic carbocycles. The second kappa shape index (κ2) is 10.3. The normalized spacial score (nSPS) is 13.5. The topological polar surface area (TPSA) is 93.9 Å². The summed E-state index contributed by atoms with van der Waals surface area (Å²) in [4.78, 5) is 19.7. The van der Waals surface area contributed by atoms with Gasteiger partial charge in [0.15, 0.2) is 5.82 Å². The van der Waals surface area contributed by atoms with E-state index in [4.69, 9.17) is 4.74 Å². The number of ether oxygens (including phenoxy) is 1. The third kappa shape index (κ3) is 5.07. The molecule has 0 saturated carbocycles. The van der Waals surface area contributed by atoms with Crippen molar-refractivity contribution in [1.29, 1.82) is 0 Å². The number of hydrogen-bond acceptors (Lipinski definition) is 8. The highest BCUT2D eigenvalue weighted by atomic mass is 19.1. The minimum Gasteiger partial charge on any atom is -0.378 e. The minimum atomic E-state index is -0.303. The molecule has 2 aromatic carbocycles. The number of pyridine rings is 1. The Morgan fingerprint density at radius 3 is 2.58 bits per heavy atom. The molecule has 1 N–H and O–H groups in total. The number of hydrogen-bond donors (Lipinski definition) is 1. The molecule has 1 saturated heterocycles. The lowest BCUT2D eigenvalue weighted by molar-refractivity contribution is 0.122. The predicted octanol–water partition coefficient (Wildman–Crippen LogP) is 4.81. The van der Waals surface area contributed by atoms with Gasteiger partial charge in [-0.25, -0.2) is 24.0 Å². The molecule has 38 heavy (non-hydrogen) atoms. The van der Waals surface area contributed by atoms with Gasteiger partial charge in [-0.1, -0.05) is 0 Å². The number of halogens is 1. The molecule has 0 spiro atoms. The van der Waals surface area contributed by atoms with E-state index >= 15 is 0 Å². The summed E-state index contributed by atoms with van der Waals surface area (Å²) < 4.78 is 21.6. The molecule has 190 valence electrons. The standard InChI is InChI=1S/C28H25FN8O/c1-19-6-8-30-17-25(19)27-32-18-37(35-27)23-4-2-22(3-5-23)33-28-31-9-7-26(34-28)20-14-21(29)16-24(15-20)36-10-12-38-13-11-36/h2-9,14-18H,10-13H2,1H3,(H,31,33,34). The molecule has 0 atom stereocenters. The van der Waals surface area contributed by atoms with Gasteiger partial charge in [-0.2, -0.15) is 0 Å². The lowest BCUT2D eigenvalue weighted by atomic mass is 10.1. The molecule has 5 aromatic rings. The highest BCUT2D eigenvalue weighted by molar-refractivity contribution is 5.67. The van der Waals surface area contributed by atoms with Gasteiger partial charge in [-0.15, -0.1) is 5.10 Å². The van der Waals surface area contributed by atoms with E-state index in [1.165, 1.54) is 6.07 Å². The fourth-order valence-corrected chi connectivity index (χ4v) is 4.34. The predicted molar refractivity (Wildman–Crippen MR) is 143 cm³/mol. The van der Waals surface area contributed by atoms with Gasteiger partial charge >= 0.3 is 0 Å². The van der Waals surface area contributed by atoms with E-state index in [2.05, 4.69) is 35.3 Å². The number of rotatable bonds is 6. The Bertz CT molecular complexity index is 1560. The van der Waals surface area contributed by atoms with Crippen molar-refractivity contribution in [2.75, 3.05) is 36.5 Å². The summed E-state index contributed by atoms with van der Waals surface area (Å²) in [5.74, 6) is 0.738. The largest absolute Gasteiger partial charge is 0.378 e. The van der Waals surface area contributed by atoms with Crippen LogP contribution < -0.4 is 10.2 Å². The zero-order chi connectivity index (χ0) is 25.9. The minimum absolute atomic E-state index is 0.303. The maximum Gasteiger partial charge on any atom is 0.227 e. The van der Waals surface area contributed by atoms with Crippen molar-refractivity contribution in [1.82, 2.24) is 29.7 Å². The van der Waals surface area contributed by atoms with Gasteiger partial charge in [-0.3, -0.25) is 4.98 Å². The number of anilines is 3. The summed E-state index contributed by atoms with van der Waals surface area (Å²) >= 11 is 0. The lowest BCUT2D eigenvalue weighted by Gasteiger charge is -2.29. The first kappa shape index (κ1) is 23.7. The molecule has 6 rings (SSSR count). The number of morpholine rings is 1. The van der Waals surface area contributed by atoms with Gasteiger partial charge in [0.25, 0.3) is 0 Å². The van der Waals surface area contributed by atoms with E-state index in [1.807, 2.05) is 43.3 Å². The van der Waals surface area contributed by atoms with Crippen LogP contribution in [0.15, 0.2) is 79.5 Å². The van der Waals surface area contributed by atoms with Crippen LogP contribution in [0.5, 0.6) is 0 Å². The van der Waals surface area contributed by atoms with Crippen LogP contribution in [-0.4, -0.2) is 56.0 Å². The summed E-state index contributed by atoms with van der Waals surface area (Å²) in [6.45, 7) is 4.73. The number of nitrogens with one attached hydrogen (secondary N) is 1. The lowest BCUT2D eigenvalue weighted by Crippen LogP contribution is -2.36. The molecule has 1 aliphatic rings. The summed E-state index contributed by atoms with van der Waals surface area (Å²) in [5.41, 5.74) is 5.78. The highest BCUT2D eigenvalue weighted by Crippen LogP contribution is 2.27. The van der Waals surface area contributed by atoms with Crippen molar-refractivity contribution in [3.63, 3.8) is 0 Å².